The SMILES string of the molecule is COc1ccc(CNC(=O)COc2ccc(S(=O)(=O)N3CCc4ccccc4C3)cc2Cl)cc1. The Hall–Kier alpha value is -3.07. The predicted molar refractivity (Wildman–Crippen MR) is 130 cm³/mol. The normalized spacial score (nSPS) is 13.7. The van der Waals surface area contributed by atoms with Gasteiger partial charge in [0.25, 0.3) is 5.91 Å². The average Bonchev–Trinajstić information content (AvgIpc) is 2.86. The van der Waals surface area contributed by atoms with E-state index in [1.54, 1.807) is 7.11 Å². The summed E-state index contributed by atoms with van der Waals surface area (Å²) in [6.07, 6.45) is 0.663. The molecular formula is C25H25ClN2O5S. The van der Waals surface area contributed by atoms with Crippen LogP contribution in [0.5, 0.6) is 11.5 Å². The summed E-state index contributed by atoms with van der Waals surface area (Å²) < 4.78 is 38.4. The van der Waals surface area contributed by atoms with E-state index in [4.69, 9.17) is 21.1 Å². The van der Waals surface area contributed by atoms with Gasteiger partial charge in [0.05, 0.1) is 17.0 Å². The van der Waals surface area contributed by atoms with Crippen molar-refractivity contribution in [2.24, 2.45) is 0 Å². The topological polar surface area (TPSA) is 84.9 Å². The molecule has 0 atom stereocenters. The molecule has 3 aromatic carbocycles. The Bertz CT molecular complexity index is 1280. The molecule has 0 fully saturated rings. The number of carbonyl (C=O) groups excluding carboxylic acids is 1. The Balaban J connectivity index is 1.34. The number of sulfonamides is 1. The number of hydrogen-bond donors (Lipinski definition) is 1. The van der Waals surface area contributed by atoms with Gasteiger partial charge in [0, 0.05) is 19.6 Å². The van der Waals surface area contributed by atoms with E-state index in [2.05, 4.69) is 5.32 Å². The number of fused-ring (bicyclic) bond motifs is 1. The maximum absolute atomic E-state index is 13.1. The molecule has 1 amide bonds. The maximum Gasteiger partial charge on any atom is 0.258 e. The highest BCUT2D eigenvalue weighted by atomic mass is 35.5. The highest BCUT2D eigenvalue weighted by molar-refractivity contribution is 7.89. The van der Waals surface area contributed by atoms with Gasteiger partial charge in [-0.2, -0.15) is 4.31 Å². The fourth-order valence-corrected chi connectivity index (χ4v) is 5.47. The van der Waals surface area contributed by atoms with Gasteiger partial charge in [-0.3, -0.25) is 4.79 Å². The first-order chi connectivity index (χ1) is 16.4. The van der Waals surface area contributed by atoms with Gasteiger partial charge in [0.15, 0.2) is 6.61 Å². The van der Waals surface area contributed by atoms with E-state index in [-0.39, 0.29) is 28.2 Å². The molecule has 0 aromatic heterocycles. The summed E-state index contributed by atoms with van der Waals surface area (Å²) in [5.41, 5.74) is 3.09. The zero-order valence-corrected chi connectivity index (χ0v) is 20.2. The van der Waals surface area contributed by atoms with E-state index in [1.807, 2.05) is 48.5 Å². The quantitative estimate of drug-likeness (QED) is 0.508. The summed E-state index contributed by atoms with van der Waals surface area (Å²) in [5, 5.41) is 2.89. The third-order valence-electron chi connectivity index (χ3n) is 5.64. The van der Waals surface area contributed by atoms with E-state index >= 15 is 0 Å². The first-order valence-electron chi connectivity index (χ1n) is 10.8. The third kappa shape index (κ3) is 5.52. The standard InChI is InChI=1S/C25H25ClN2O5S/c1-32-21-8-6-18(7-9-21)15-27-25(29)17-33-24-11-10-22(14-23(24)26)34(30,31)28-13-12-19-4-2-3-5-20(19)16-28/h2-11,14H,12-13,15-17H2,1H3,(H,27,29). The van der Waals surface area contributed by atoms with Crippen LogP contribution in [-0.4, -0.2) is 38.9 Å². The minimum absolute atomic E-state index is 0.0909. The number of benzene rings is 3. The van der Waals surface area contributed by atoms with Crippen molar-refractivity contribution in [1.29, 1.82) is 0 Å². The number of amides is 1. The molecule has 9 heteroatoms. The van der Waals surface area contributed by atoms with Crippen LogP contribution >= 0.6 is 11.6 Å². The third-order valence-corrected chi connectivity index (χ3v) is 7.78. The fraction of sp³-hybridized carbons (Fsp3) is 0.240. The first-order valence-corrected chi connectivity index (χ1v) is 12.6. The number of rotatable bonds is 8. The van der Waals surface area contributed by atoms with Gasteiger partial charge in [-0.05, 0) is 53.4 Å². The molecule has 0 radical (unpaired) electrons. The van der Waals surface area contributed by atoms with Crippen molar-refractivity contribution in [3.63, 3.8) is 0 Å². The molecule has 3 aromatic rings. The van der Waals surface area contributed by atoms with E-state index in [0.29, 0.717) is 26.1 Å². The lowest BCUT2D eigenvalue weighted by Gasteiger charge is -2.28. The van der Waals surface area contributed by atoms with Crippen LogP contribution in [0.25, 0.3) is 0 Å². The van der Waals surface area contributed by atoms with E-state index in [9.17, 15) is 13.2 Å². The van der Waals surface area contributed by atoms with Crippen LogP contribution in [0.2, 0.25) is 5.02 Å². The van der Waals surface area contributed by atoms with Crippen molar-refractivity contribution in [2.45, 2.75) is 24.4 Å². The average molecular weight is 501 g/mol. The van der Waals surface area contributed by atoms with Gasteiger partial charge in [-0.15, -0.1) is 0 Å². The molecular weight excluding hydrogens is 476 g/mol. The van der Waals surface area contributed by atoms with E-state index < -0.39 is 10.0 Å². The fourth-order valence-electron chi connectivity index (χ4n) is 3.72. The van der Waals surface area contributed by atoms with Gasteiger partial charge >= 0.3 is 0 Å². The van der Waals surface area contributed by atoms with Gasteiger partial charge in [-0.1, -0.05) is 48.0 Å². The molecule has 1 aliphatic heterocycles. The molecule has 0 saturated carbocycles. The largest absolute Gasteiger partial charge is 0.497 e. The Morgan fingerprint density at radius 2 is 1.79 bits per heavy atom. The second-order valence-electron chi connectivity index (χ2n) is 7.86. The van der Waals surface area contributed by atoms with Crippen LogP contribution in [-0.2, 0) is 34.3 Å². The summed E-state index contributed by atoms with van der Waals surface area (Å²) >= 11 is 6.29. The molecule has 0 saturated heterocycles. The Morgan fingerprint density at radius 3 is 2.50 bits per heavy atom. The zero-order chi connectivity index (χ0) is 24.1. The highest BCUT2D eigenvalue weighted by Gasteiger charge is 2.28. The number of methoxy groups -OCH3 is 1. The van der Waals surface area contributed by atoms with Crippen molar-refractivity contribution < 1.29 is 22.7 Å². The van der Waals surface area contributed by atoms with E-state index in [1.165, 1.54) is 28.1 Å². The Morgan fingerprint density at radius 1 is 1.06 bits per heavy atom. The molecule has 178 valence electrons. The molecule has 1 aliphatic rings. The van der Waals surface area contributed by atoms with Crippen LogP contribution in [0.1, 0.15) is 16.7 Å². The monoisotopic (exact) mass is 500 g/mol. The Labute approximate surface area is 204 Å². The van der Waals surface area contributed by atoms with Gasteiger partial charge in [0.1, 0.15) is 11.5 Å². The summed E-state index contributed by atoms with van der Waals surface area (Å²) in [7, 11) is -2.12. The summed E-state index contributed by atoms with van der Waals surface area (Å²) in [6.45, 7) is 0.827. The van der Waals surface area contributed by atoms with Crippen molar-refractivity contribution in [3.05, 3.63) is 88.4 Å². The van der Waals surface area contributed by atoms with Gasteiger partial charge < -0.3 is 14.8 Å². The molecule has 7 nitrogen and oxygen atoms in total. The lowest BCUT2D eigenvalue weighted by Crippen LogP contribution is -2.35. The number of nitrogens with zero attached hydrogens (tertiary/aromatic N) is 1. The molecule has 0 bridgehead atoms. The maximum atomic E-state index is 13.1. The number of carbonyl (C=O) groups is 1. The van der Waals surface area contributed by atoms with Crippen LogP contribution in [0.3, 0.4) is 0 Å². The molecule has 4 rings (SSSR count). The molecule has 0 spiro atoms. The minimum Gasteiger partial charge on any atom is -0.497 e. The minimum atomic E-state index is -3.71. The second kappa shape index (κ2) is 10.5. The lowest BCUT2D eigenvalue weighted by molar-refractivity contribution is -0.123. The number of halogens is 1. The van der Waals surface area contributed by atoms with Crippen LogP contribution in [0, 0.1) is 0 Å². The van der Waals surface area contributed by atoms with Crippen LogP contribution in [0.4, 0.5) is 0 Å². The van der Waals surface area contributed by atoms with Gasteiger partial charge in [0.2, 0.25) is 10.0 Å². The number of ether oxygens (including phenoxy) is 2. The lowest BCUT2D eigenvalue weighted by atomic mass is 10.0. The zero-order valence-electron chi connectivity index (χ0n) is 18.7. The highest BCUT2D eigenvalue weighted by Crippen LogP contribution is 2.30. The number of hydrogen-bond acceptors (Lipinski definition) is 5. The molecule has 34 heavy (non-hydrogen) atoms. The predicted octanol–water partition coefficient (Wildman–Crippen LogP) is 3.79. The number of nitrogens with one attached hydrogen (secondary N) is 1. The van der Waals surface area contributed by atoms with Crippen molar-refractivity contribution in [3.8, 4) is 11.5 Å². The molecule has 1 heterocycles. The summed E-state index contributed by atoms with van der Waals surface area (Å²) in [5.74, 6) is 0.656. The first kappa shape index (κ1) is 24.1. The molecule has 0 aliphatic carbocycles. The van der Waals surface area contributed by atoms with Crippen molar-refractivity contribution >= 4 is 27.5 Å². The van der Waals surface area contributed by atoms with Crippen molar-refractivity contribution in [1.82, 2.24) is 9.62 Å². The van der Waals surface area contributed by atoms with Gasteiger partial charge in [-0.25, -0.2) is 8.42 Å². The van der Waals surface area contributed by atoms with Crippen molar-refractivity contribution in [2.75, 3.05) is 20.3 Å². The molecule has 1 N–H and O–H groups in total. The van der Waals surface area contributed by atoms with E-state index in [0.717, 1.165) is 16.9 Å². The van der Waals surface area contributed by atoms with Crippen LogP contribution in [0.15, 0.2) is 71.6 Å². The summed E-state index contributed by atoms with van der Waals surface area (Å²) in [4.78, 5) is 12.2. The second-order valence-corrected chi connectivity index (χ2v) is 10.2. The Kier molecular flexibility index (Phi) is 7.41. The molecule has 0 unspecified atom stereocenters. The smallest absolute Gasteiger partial charge is 0.258 e. The van der Waals surface area contributed by atoms with Crippen LogP contribution < -0.4 is 14.8 Å². The summed E-state index contributed by atoms with van der Waals surface area (Å²) in [6, 6.07) is 19.5.